The Hall–Kier alpha value is -3.41. The fourth-order valence-corrected chi connectivity index (χ4v) is 4.12. The summed E-state index contributed by atoms with van der Waals surface area (Å²) in [7, 11) is 1.53. The summed E-state index contributed by atoms with van der Waals surface area (Å²) in [4.78, 5) is 29.1. The number of carbonyl (C=O) groups is 2. The minimum absolute atomic E-state index is 0.0620. The molecule has 1 aromatic heterocycles. The number of carboxylic acids is 1. The summed E-state index contributed by atoms with van der Waals surface area (Å²) in [5.74, 6) is 4.15. The molecule has 2 atom stereocenters. The molecule has 2 unspecified atom stereocenters. The number of amides is 1. The number of aliphatic carboxylic acids is 1. The van der Waals surface area contributed by atoms with Crippen molar-refractivity contribution in [3.8, 4) is 11.8 Å². The summed E-state index contributed by atoms with van der Waals surface area (Å²) in [6.07, 6.45) is 5.88. The predicted octanol–water partition coefficient (Wildman–Crippen LogP) is 3.82. The van der Waals surface area contributed by atoms with Gasteiger partial charge in [0.1, 0.15) is 22.8 Å². The molecule has 0 aliphatic heterocycles. The number of rotatable bonds is 7. The van der Waals surface area contributed by atoms with Crippen molar-refractivity contribution in [2.75, 3.05) is 13.7 Å². The Kier molecular flexibility index (Phi) is 6.58. The number of nitrogens with one attached hydrogen (secondary N) is 1. The molecule has 1 heterocycles. The number of ether oxygens (including phenoxy) is 1. The third kappa shape index (κ3) is 5.16. The largest absolute Gasteiger partial charge is 0.481 e. The lowest BCUT2D eigenvalue weighted by atomic mass is 9.96. The molecular weight excluding hydrogens is 473 g/mol. The van der Waals surface area contributed by atoms with Crippen molar-refractivity contribution in [2.24, 2.45) is 11.3 Å². The van der Waals surface area contributed by atoms with Crippen molar-refractivity contribution in [2.45, 2.75) is 32.4 Å². The van der Waals surface area contributed by atoms with Crippen LogP contribution in [0.15, 0.2) is 48.1 Å². The van der Waals surface area contributed by atoms with Crippen LogP contribution in [-0.4, -0.2) is 45.8 Å². The van der Waals surface area contributed by atoms with Crippen LogP contribution in [0.25, 0.3) is 0 Å². The van der Waals surface area contributed by atoms with Gasteiger partial charge in [-0.05, 0) is 67.0 Å². The number of methoxy groups -OCH3 is 1. The summed E-state index contributed by atoms with van der Waals surface area (Å²) in [6, 6.07) is 5.88. The maximum atomic E-state index is 13.4. The lowest BCUT2D eigenvalue weighted by Gasteiger charge is -2.15. The second kappa shape index (κ2) is 9.33. The summed E-state index contributed by atoms with van der Waals surface area (Å²) >= 11 is 6.40. The number of allylic oxidation sites excluding steroid dienone is 1. The molecule has 35 heavy (non-hydrogen) atoms. The molecule has 182 valence electrons. The minimum atomic E-state index is -0.834. The number of aromatic nitrogens is 2. The first kappa shape index (κ1) is 24.7. The molecule has 0 spiro atoms. The highest BCUT2D eigenvalue weighted by atomic mass is 35.5. The zero-order valence-electron chi connectivity index (χ0n) is 19.6. The summed E-state index contributed by atoms with van der Waals surface area (Å²) in [5.41, 5.74) is 0.353. The van der Waals surface area contributed by atoms with E-state index >= 15 is 0 Å². The Balaban J connectivity index is 1.60. The van der Waals surface area contributed by atoms with Gasteiger partial charge in [0.2, 0.25) is 5.28 Å². The quantitative estimate of drug-likeness (QED) is 0.567. The summed E-state index contributed by atoms with van der Waals surface area (Å²) in [6.45, 7) is 3.97. The van der Waals surface area contributed by atoms with E-state index in [1.807, 2.05) is 6.08 Å². The number of hydrogen-bond donors (Lipinski definition) is 2. The molecule has 1 fully saturated rings. The van der Waals surface area contributed by atoms with Gasteiger partial charge in [-0.25, -0.2) is 9.37 Å². The third-order valence-electron chi connectivity index (χ3n) is 6.30. The second-order valence-corrected chi connectivity index (χ2v) is 9.51. The highest BCUT2D eigenvalue weighted by Gasteiger charge is 2.58. The zero-order valence-corrected chi connectivity index (χ0v) is 20.3. The van der Waals surface area contributed by atoms with Crippen molar-refractivity contribution >= 4 is 23.5 Å². The minimum Gasteiger partial charge on any atom is -0.481 e. The van der Waals surface area contributed by atoms with E-state index in [4.69, 9.17) is 16.3 Å². The molecule has 7 nitrogen and oxygen atoms in total. The summed E-state index contributed by atoms with van der Waals surface area (Å²) < 4.78 is 20.2. The molecular formula is C26H25ClFN3O4. The predicted molar refractivity (Wildman–Crippen MR) is 128 cm³/mol. The fourth-order valence-electron chi connectivity index (χ4n) is 3.90. The van der Waals surface area contributed by atoms with Gasteiger partial charge >= 0.3 is 5.97 Å². The smallest absolute Gasteiger partial charge is 0.314 e. The van der Waals surface area contributed by atoms with Crippen molar-refractivity contribution in [3.63, 3.8) is 0 Å². The van der Waals surface area contributed by atoms with Crippen LogP contribution in [-0.2, 0) is 16.1 Å². The van der Waals surface area contributed by atoms with Crippen LogP contribution >= 0.6 is 11.6 Å². The van der Waals surface area contributed by atoms with E-state index in [2.05, 4.69) is 22.1 Å². The number of benzene rings is 1. The van der Waals surface area contributed by atoms with Gasteiger partial charge in [0.25, 0.3) is 5.91 Å². The fraction of sp³-hybridized carbons (Fsp3) is 0.346. The molecule has 2 aliphatic carbocycles. The lowest BCUT2D eigenvalue weighted by Crippen LogP contribution is -2.29. The Morgan fingerprint density at radius 2 is 2.09 bits per heavy atom. The van der Waals surface area contributed by atoms with E-state index in [-0.39, 0.29) is 41.5 Å². The van der Waals surface area contributed by atoms with Crippen LogP contribution in [0.3, 0.4) is 0 Å². The van der Waals surface area contributed by atoms with Gasteiger partial charge in [-0.15, -0.1) is 0 Å². The van der Waals surface area contributed by atoms with E-state index < -0.39 is 22.9 Å². The molecule has 0 saturated heterocycles. The van der Waals surface area contributed by atoms with E-state index in [0.717, 1.165) is 11.1 Å². The Morgan fingerprint density at radius 1 is 1.37 bits per heavy atom. The SMILES string of the molecule is COC(C)(C)C#Cc1nc(Cl)n(Cc2ccc(F)cc2)c1C(=O)NCC1=CC2CC2(C(=O)O)C=C1. The van der Waals surface area contributed by atoms with Gasteiger partial charge in [0, 0.05) is 13.7 Å². The molecule has 1 saturated carbocycles. The van der Waals surface area contributed by atoms with Crippen LogP contribution in [0, 0.1) is 29.0 Å². The van der Waals surface area contributed by atoms with Gasteiger partial charge in [-0.2, -0.15) is 0 Å². The number of fused-ring (bicyclic) bond motifs is 1. The second-order valence-electron chi connectivity index (χ2n) is 9.17. The van der Waals surface area contributed by atoms with E-state index in [0.29, 0.717) is 6.42 Å². The first-order valence-corrected chi connectivity index (χ1v) is 11.4. The van der Waals surface area contributed by atoms with Crippen LogP contribution in [0.1, 0.15) is 42.0 Å². The number of imidazole rings is 1. The third-order valence-corrected chi connectivity index (χ3v) is 6.59. The first-order chi connectivity index (χ1) is 16.5. The van der Waals surface area contributed by atoms with Crippen LogP contribution in [0.2, 0.25) is 5.28 Å². The average molecular weight is 498 g/mol. The van der Waals surface area contributed by atoms with Crippen LogP contribution in [0.4, 0.5) is 4.39 Å². The molecule has 1 aromatic carbocycles. The van der Waals surface area contributed by atoms with Crippen molar-refractivity contribution in [1.29, 1.82) is 0 Å². The Morgan fingerprint density at radius 3 is 2.71 bits per heavy atom. The number of hydrogen-bond acceptors (Lipinski definition) is 4. The normalized spacial score (nSPS) is 20.4. The first-order valence-electron chi connectivity index (χ1n) is 11.0. The number of nitrogens with zero attached hydrogens (tertiary/aromatic N) is 2. The Labute approximate surface area is 207 Å². The van der Waals surface area contributed by atoms with E-state index in [1.165, 1.54) is 23.8 Å². The molecule has 2 aromatic rings. The molecule has 0 radical (unpaired) electrons. The molecule has 9 heteroatoms. The Bertz CT molecular complexity index is 1300. The van der Waals surface area contributed by atoms with Gasteiger partial charge in [-0.3, -0.25) is 9.59 Å². The number of halogens is 2. The molecule has 0 bridgehead atoms. The van der Waals surface area contributed by atoms with E-state index in [1.54, 1.807) is 38.1 Å². The molecule has 2 N–H and O–H groups in total. The van der Waals surface area contributed by atoms with Crippen LogP contribution < -0.4 is 5.32 Å². The molecule has 2 aliphatic rings. The molecule has 4 rings (SSSR count). The van der Waals surface area contributed by atoms with E-state index in [9.17, 15) is 19.1 Å². The van der Waals surface area contributed by atoms with Gasteiger partial charge in [-0.1, -0.05) is 36.3 Å². The van der Waals surface area contributed by atoms with Crippen LogP contribution in [0.5, 0.6) is 0 Å². The maximum absolute atomic E-state index is 13.4. The van der Waals surface area contributed by atoms with Gasteiger partial charge in [0.15, 0.2) is 0 Å². The maximum Gasteiger partial charge on any atom is 0.314 e. The van der Waals surface area contributed by atoms with Crippen molar-refractivity contribution < 1.29 is 23.8 Å². The lowest BCUT2D eigenvalue weighted by molar-refractivity contribution is -0.141. The van der Waals surface area contributed by atoms with Crippen molar-refractivity contribution in [1.82, 2.24) is 14.9 Å². The number of carboxylic acid groups (broad SMARTS) is 1. The average Bonchev–Trinajstić information content (AvgIpc) is 3.49. The topological polar surface area (TPSA) is 93.5 Å². The summed E-state index contributed by atoms with van der Waals surface area (Å²) in [5, 5.41) is 12.3. The number of carbonyl (C=O) groups excluding carboxylic acids is 1. The highest BCUT2D eigenvalue weighted by molar-refractivity contribution is 6.29. The van der Waals surface area contributed by atoms with Crippen molar-refractivity contribution in [3.05, 3.63) is 76.1 Å². The molecule has 1 amide bonds. The standard InChI is InChI=1S/C26H25ClFN3O4/c1-25(2,35-3)10-9-20-21(31(24(27)30-20)15-16-4-6-19(28)7-5-16)22(32)29-14-17-8-11-26(23(33)34)13-18(26)12-17/h4-8,11-12,18H,13-15H2,1-3H3,(H,29,32)(H,33,34). The van der Waals surface area contributed by atoms with Gasteiger partial charge < -0.3 is 19.7 Å². The monoisotopic (exact) mass is 497 g/mol. The highest BCUT2D eigenvalue weighted by Crippen LogP contribution is 2.57. The van der Waals surface area contributed by atoms with Gasteiger partial charge in [0.05, 0.1) is 12.0 Å². The zero-order chi connectivity index (χ0) is 25.4.